The number of benzene rings is 1. The molecule has 2 heterocycles. The minimum atomic E-state index is -4.85. The molecule has 0 aliphatic carbocycles. The van der Waals surface area contributed by atoms with Crippen molar-refractivity contribution in [2.75, 3.05) is 6.61 Å². The standard InChI is InChI=1S/C19H18F4N4O2/c1-10(2)24-17(28)9-29-18-16-6-11(3)26-27(16)8-15(25-18)12-4-5-14(20)13(7-12)19(21,22)23/h4-8,10H,9H2,1-3H3,(H,24,28). The van der Waals surface area contributed by atoms with E-state index in [1.54, 1.807) is 26.8 Å². The molecule has 6 nitrogen and oxygen atoms in total. The largest absolute Gasteiger partial charge is 0.466 e. The van der Waals surface area contributed by atoms with Gasteiger partial charge >= 0.3 is 6.18 Å². The molecule has 0 spiro atoms. The highest BCUT2D eigenvalue weighted by molar-refractivity contribution is 5.78. The molecule has 29 heavy (non-hydrogen) atoms. The number of halogens is 4. The molecule has 1 aromatic carbocycles. The average molecular weight is 410 g/mol. The summed E-state index contributed by atoms with van der Waals surface area (Å²) in [6.07, 6.45) is -3.43. The maximum Gasteiger partial charge on any atom is 0.419 e. The molecule has 0 aliphatic heterocycles. The highest BCUT2D eigenvalue weighted by Gasteiger charge is 2.34. The maximum absolute atomic E-state index is 13.6. The van der Waals surface area contributed by atoms with Crippen LogP contribution in [0.3, 0.4) is 0 Å². The number of hydrogen-bond acceptors (Lipinski definition) is 4. The molecule has 3 aromatic rings. The van der Waals surface area contributed by atoms with Gasteiger partial charge in [-0.1, -0.05) is 0 Å². The molecule has 10 heteroatoms. The van der Waals surface area contributed by atoms with E-state index in [0.717, 1.165) is 6.07 Å². The Bertz CT molecular complexity index is 1060. The Labute approximate surface area is 163 Å². The van der Waals surface area contributed by atoms with Gasteiger partial charge in [0.2, 0.25) is 5.88 Å². The van der Waals surface area contributed by atoms with Crippen LogP contribution < -0.4 is 10.1 Å². The Hall–Kier alpha value is -3.17. The molecule has 0 aliphatic rings. The second-order valence-electron chi connectivity index (χ2n) is 6.75. The first-order chi connectivity index (χ1) is 13.5. The van der Waals surface area contributed by atoms with Crippen LogP contribution in [0.4, 0.5) is 17.6 Å². The Morgan fingerprint density at radius 2 is 2.00 bits per heavy atom. The van der Waals surface area contributed by atoms with E-state index in [1.165, 1.54) is 16.8 Å². The topological polar surface area (TPSA) is 68.5 Å². The van der Waals surface area contributed by atoms with Crippen molar-refractivity contribution in [3.8, 4) is 17.1 Å². The molecular formula is C19H18F4N4O2. The van der Waals surface area contributed by atoms with Crippen LogP contribution in [0.5, 0.6) is 5.88 Å². The lowest BCUT2D eigenvalue weighted by atomic mass is 10.1. The van der Waals surface area contributed by atoms with E-state index >= 15 is 0 Å². The molecule has 2 aromatic heterocycles. The highest BCUT2D eigenvalue weighted by atomic mass is 19.4. The van der Waals surface area contributed by atoms with Crippen molar-refractivity contribution in [3.05, 3.63) is 47.5 Å². The summed E-state index contributed by atoms with van der Waals surface area (Å²) < 4.78 is 59.6. The lowest BCUT2D eigenvalue weighted by Crippen LogP contribution is -2.34. The third-order valence-corrected chi connectivity index (χ3v) is 3.90. The highest BCUT2D eigenvalue weighted by Crippen LogP contribution is 2.34. The van der Waals surface area contributed by atoms with Crippen LogP contribution in [0, 0.1) is 12.7 Å². The minimum absolute atomic E-state index is 0.0277. The van der Waals surface area contributed by atoms with Crippen molar-refractivity contribution in [1.29, 1.82) is 0 Å². The van der Waals surface area contributed by atoms with Crippen LogP contribution in [-0.2, 0) is 11.0 Å². The second-order valence-corrected chi connectivity index (χ2v) is 6.75. The number of aromatic nitrogens is 3. The maximum atomic E-state index is 13.6. The number of carbonyl (C=O) groups excluding carboxylic acids is 1. The number of alkyl halides is 3. The quantitative estimate of drug-likeness (QED) is 0.651. The van der Waals surface area contributed by atoms with Gasteiger partial charge in [-0.3, -0.25) is 4.79 Å². The van der Waals surface area contributed by atoms with Crippen LogP contribution >= 0.6 is 0 Å². The molecule has 0 saturated heterocycles. The predicted molar refractivity (Wildman–Crippen MR) is 96.9 cm³/mol. The van der Waals surface area contributed by atoms with Crippen LogP contribution in [0.15, 0.2) is 30.5 Å². The first kappa shape index (κ1) is 20.6. The zero-order valence-corrected chi connectivity index (χ0v) is 15.8. The third kappa shape index (κ3) is 4.64. The van der Waals surface area contributed by atoms with Gasteiger partial charge in [0.05, 0.1) is 23.1 Å². The summed E-state index contributed by atoms with van der Waals surface area (Å²) in [5, 5.41) is 6.89. The molecule has 0 radical (unpaired) electrons. The molecule has 0 fully saturated rings. The van der Waals surface area contributed by atoms with Crippen LogP contribution in [-0.4, -0.2) is 33.2 Å². The van der Waals surface area contributed by atoms with Gasteiger partial charge in [-0.05, 0) is 45.0 Å². The summed E-state index contributed by atoms with van der Waals surface area (Å²) in [5.74, 6) is -1.72. The van der Waals surface area contributed by atoms with E-state index in [4.69, 9.17) is 4.74 Å². The van der Waals surface area contributed by atoms with Crippen molar-refractivity contribution in [2.45, 2.75) is 33.0 Å². The number of aryl methyl sites for hydroxylation is 1. The molecule has 0 atom stereocenters. The number of fused-ring (bicyclic) bond motifs is 1. The van der Waals surface area contributed by atoms with Gasteiger partial charge in [-0.25, -0.2) is 13.9 Å². The Balaban J connectivity index is 2.03. The first-order valence-corrected chi connectivity index (χ1v) is 8.71. The van der Waals surface area contributed by atoms with Gasteiger partial charge < -0.3 is 10.1 Å². The molecular weight excluding hydrogens is 392 g/mol. The van der Waals surface area contributed by atoms with E-state index in [9.17, 15) is 22.4 Å². The molecule has 1 N–H and O–H groups in total. The normalized spacial score (nSPS) is 11.9. The predicted octanol–water partition coefficient (Wildman–Crippen LogP) is 3.77. The van der Waals surface area contributed by atoms with Crippen LogP contribution in [0.2, 0.25) is 0 Å². The monoisotopic (exact) mass is 410 g/mol. The zero-order valence-electron chi connectivity index (χ0n) is 15.8. The minimum Gasteiger partial charge on any atom is -0.466 e. The fourth-order valence-electron chi connectivity index (χ4n) is 2.73. The summed E-state index contributed by atoms with van der Waals surface area (Å²) in [6.45, 7) is 4.98. The average Bonchev–Trinajstić information content (AvgIpc) is 2.98. The summed E-state index contributed by atoms with van der Waals surface area (Å²) in [5.41, 5.74) is -0.208. The van der Waals surface area contributed by atoms with Crippen molar-refractivity contribution < 1.29 is 27.1 Å². The van der Waals surface area contributed by atoms with Crippen molar-refractivity contribution >= 4 is 11.4 Å². The Morgan fingerprint density at radius 1 is 1.28 bits per heavy atom. The number of hydrogen-bond donors (Lipinski definition) is 1. The van der Waals surface area contributed by atoms with Gasteiger partial charge in [0.1, 0.15) is 11.3 Å². The molecule has 0 saturated carbocycles. The third-order valence-electron chi connectivity index (χ3n) is 3.90. The number of rotatable bonds is 5. The van der Waals surface area contributed by atoms with Crippen LogP contribution in [0.25, 0.3) is 16.8 Å². The first-order valence-electron chi connectivity index (χ1n) is 8.71. The van der Waals surface area contributed by atoms with Crippen molar-refractivity contribution in [3.63, 3.8) is 0 Å². The van der Waals surface area contributed by atoms with E-state index in [1.807, 2.05) is 0 Å². The molecule has 154 valence electrons. The summed E-state index contributed by atoms with van der Waals surface area (Å²) in [7, 11) is 0. The number of nitrogens with one attached hydrogen (secondary N) is 1. The SMILES string of the molecule is Cc1cc2c(OCC(=O)NC(C)C)nc(-c3ccc(F)c(C(F)(F)F)c3)cn2n1. The van der Waals surface area contributed by atoms with E-state index < -0.39 is 17.6 Å². The molecule has 3 rings (SSSR count). The fraction of sp³-hybridized carbons (Fsp3) is 0.316. The van der Waals surface area contributed by atoms with Gasteiger partial charge in [0.25, 0.3) is 5.91 Å². The summed E-state index contributed by atoms with van der Waals surface area (Å²) in [6, 6.07) is 4.18. The smallest absolute Gasteiger partial charge is 0.419 e. The van der Waals surface area contributed by atoms with Crippen molar-refractivity contribution in [2.24, 2.45) is 0 Å². The van der Waals surface area contributed by atoms with Crippen molar-refractivity contribution in [1.82, 2.24) is 19.9 Å². The Morgan fingerprint density at radius 3 is 2.66 bits per heavy atom. The second kappa shape index (κ2) is 7.69. The lowest BCUT2D eigenvalue weighted by Gasteiger charge is -2.12. The van der Waals surface area contributed by atoms with Gasteiger partial charge in [0.15, 0.2) is 6.61 Å². The number of nitrogens with zero attached hydrogens (tertiary/aromatic N) is 3. The van der Waals surface area contributed by atoms with E-state index in [0.29, 0.717) is 17.3 Å². The molecule has 0 unspecified atom stereocenters. The molecule has 1 amide bonds. The number of carbonyl (C=O) groups is 1. The van der Waals surface area contributed by atoms with Gasteiger partial charge in [-0.2, -0.15) is 18.3 Å². The molecule has 0 bridgehead atoms. The summed E-state index contributed by atoms with van der Waals surface area (Å²) >= 11 is 0. The van der Waals surface area contributed by atoms with Crippen LogP contribution in [0.1, 0.15) is 25.1 Å². The van der Waals surface area contributed by atoms with E-state index in [-0.39, 0.29) is 35.7 Å². The van der Waals surface area contributed by atoms with Gasteiger partial charge in [-0.15, -0.1) is 0 Å². The lowest BCUT2D eigenvalue weighted by molar-refractivity contribution is -0.140. The number of ether oxygens (including phenoxy) is 1. The van der Waals surface area contributed by atoms with Gasteiger partial charge in [0, 0.05) is 11.6 Å². The number of amides is 1. The summed E-state index contributed by atoms with van der Waals surface area (Å²) in [4.78, 5) is 16.1. The fourth-order valence-corrected chi connectivity index (χ4v) is 2.73. The zero-order chi connectivity index (χ0) is 21.3. The Kier molecular flexibility index (Phi) is 5.45. The van der Waals surface area contributed by atoms with E-state index in [2.05, 4.69) is 15.4 Å².